The molecule has 0 bridgehead atoms. The van der Waals surface area contributed by atoms with Crippen molar-refractivity contribution < 1.29 is 13.9 Å². The van der Waals surface area contributed by atoms with E-state index >= 15 is 0 Å². The quantitative estimate of drug-likeness (QED) is 0.846. The van der Waals surface area contributed by atoms with Gasteiger partial charge in [-0.15, -0.1) is 0 Å². The molecule has 1 saturated heterocycles. The average molecular weight is 286 g/mol. The second-order valence-electron chi connectivity index (χ2n) is 5.63. The summed E-state index contributed by atoms with van der Waals surface area (Å²) in [6.45, 7) is 4.16. The summed E-state index contributed by atoms with van der Waals surface area (Å²) in [7, 11) is 0. The van der Waals surface area contributed by atoms with Gasteiger partial charge in [0.1, 0.15) is 17.2 Å². The molecule has 21 heavy (non-hydrogen) atoms. The van der Waals surface area contributed by atoms with Crippen molar-refractivity contribution in [2.24, 2.45) is 0 Å². The van der Waals surface area contributed by atoms with E-state index in [1.165, 1.54) is 17.0 Å². The molecule has 0 spiro atoms. The zero-order valence-electron chi connectivity index (χ0n) is 11.8. The third-order valence-electron chi connectivity index (χ3n) is 3.31. The van der Waals surface area contributed by atoms with Gasteiger partial charge in [-0.05, 0) is 43.7 Å². The van der Waals surface area contributed by atoms with Gasteiger partial charge in [0.15, 0.2) is 0 Å². The summed E-state index contributed by atoms with van der Waals surface area (Å²) in [5, 5.41) is 0. The topological polar surface area (TPSA) is 42.4 Å². The fourth-order valence-corrected chi connectivity index (χ4v) is 2.33. The van der Waals surface area contributed by atoms with Crippen LogP contribution in [0.4, 0.5) is 15.0 Å². The molecule has 0 saturated carbocycles. The predicted molar refractivity (Wildman–Crippen MR) is 77.5 cm³/mol. The van der Waals surface area contributed by atoms with Gasteiger partial charge < -0.3 is 4.74 Å². The number of hydrogen-bond donors (Lipinski definition) is 0. The maximum absolute atomic E-state index is 13.2. The van der Waals surface area contributed by atoms with Crippen LogP contribution in [-0.2, 0) is 4.74 Å². The van der Waals surface area contributed by atoms with Crippen molar-refractivity contribution in [1.29, 1.82) is 0 Å². The van der Waals surface area contributed by atoms with E-state index in [1.54, 1.807) is 18.3 Å². The number of aromatic nitrogens is 1. The van der Waals surface area contributed by atoms with E-state index in [2.05, 4.69) is 4.98 Å². The number of rotatable bonds is 2. The Morgan fingerprint density at radius 3 is 2.62 bits per heavy atom. The largest absolute Gasteiger partial charge is 0.441 e. The minimum atomic E-state index is -0.514. The van der Waals surface area contributed by atoms with Crippen LogP contribution in [0.25, 0.3) is 11.1 Å². The molecule has 108 valence electrons. The Kier molecular flexibility index (Phi) is 3.12. The number of carbonyl (C=O) groups excluding carboxylic acids is 1. The van der Waals surface area contributed by atoms with Crippen molar-refractivity contribution in [3.63, 3.8) is 0 Å². The minimum absolute atomic E-state index is 0.290. The van der Waals surface area contributed by atoms with Crippen molar-refractivity contribution in [3.8, 4) is 11.1 Å². The summed E-state index contributed by atoms with van der Waals surface area (Å²) in [5.74, 6) is 0.243. The molecule has 0 atom stereocenters. The number of carbonyl (C=O) groups is 1. The zero-order valence-corrected chi connectivity index (χ0v) is 11.8. The molecule has 1 aromatic heterocycles. The molecule has 4 nitrogen and oxygen atoms in total. The summed E-state index contributed by atoms with van der Waals surface area (Å²) in [6.07, 6.45) is 1.23. The standard InChI is InChI=1S/C16H15FN2O2/c1-16(2)10-19(15(20)21-16)14-7-6-12(9-18-14)11-4-3-5-13(17)8-11/h3-9H,10H2,1-2H3. The Labute approximate surface area is 122 Å². The molecule has 5 heteroatoms. The molecule has 0 unspecified atom stereocenters. The molecule has 0 radical (unpaired) electrons. The smallest absolute Gasteiger partial charge is 0.416 e. The number of amides is 1. The maximum Gasteiger partial charge on any atom is 0.416 e. The van der Waals surface area contributed by atoms with Crippen molar-refractivity contribution >= 4 is 11.9 Å². The van der Waals surface area contributed by atoms with Gasteiger partial charge in [0.2, 0.25) is 0 Å². The molecule has 1 aliphatic rings. The van der Waals surface area contributed by atoms with Crippen LogP contribution in [0.5, 0.6) is 0 Å². The zero-order chi connectivity index (χ0) is 15.0. The van der Waals surface area contributed by atoms with Crippen LogP contribution in [0, 0.1) is 5.82 Å². The molecule has 1 aliphatic heterocycles. The summed E-state index contributed by atoms with van der Waals surface area (Å²) in [6, 6.07) is 9.86. The van der Waals surface area contributed by atoms with Crippen molar-refractivity contribution in [2.45, 2.75) is 19.4 Å². The van der Waals surface area contributed by atoms with E-state index in [1.807, 2.05) is 26.0 Å². The van der Waals surface area contributed by atoms with Crippen LogP contribution in [0.3, 0.4) is 0 Å². The van der Waals surface area contributed by atoms with Crippen molar-refractivity contribution in [3.05, 3.63) is 48.4 Å². The lowest BCUT2D eigenvalue weighted by Gasteiger charge is -2.15. The number of ether oxygens (including phenoxy) is 1. The SMILES string of the molecule is CC1(C)CN(c2ccc(-c3cccc(F)c3)cn2)C(=O)O1. The van der Waals surface area contributed by atoms with Crippen LogP contribution in [-0.4, -0.2) is 23.2 Å². The molecule has 2 heterocycles. The van der Waals surface area contributed by atoms with E-state index in [4.69, 9.17) is 4.74 Å². The molecular weight excluding hydrogens is 271 g/mol. The molecule has 1 amide bonds. The molecule has 1 aromatic carbocycles. The highest BCUT2D eigenvalue weighted by molar-refractivity contribution is 5.89. The minimum Gasteiger partial charge on any atom is -0.441 e. The summed E-state index contributed by atoms with van der Waals surface area (Å²) >= 11 is 0. The van der Waals surface area contributed by atoms with E-state index in [0.717, 1.165) is 11.1 Å². The molecule has 1 fully saturated rings. The lowest BCUT2D eigenvalue weighted by Crippen LogP contribution is -2.28. The number of benzene rings is 1. The van der Waals surface area contributed by atoms with E-state index in [0.29, 0.717) is 12.4 Å². The van der Waals surface area contributed by atoms with Gasteiger partial charge in [-0.25, -0.2) is 14.2 Å². The van der Waals surface area contributed by atoms with Gasteiger partial charge in [0, 0.05) is 11.8 Å². The van der Waals surface area contributed by atoms with E-state index in [9.17, 15) is 9.18 Å². The van der Waals surface area contributed by atoms with Crippen LogP contribution in [0.15, 0.2) is 42.6 Å². The van der Waals surface area contributed by atoms with Crippen LogP contribution >= 0.6 is 0 Å². The van der Waals surface area contributed by atoms with Crippen molar-refractivity contribution in [2.75, 3.05) is 11.4 Å². The molecule has 0 aliphatic carbocycles. The van der Waals surface area contributed by atoms with Crippen LogP contribution in [0.2, 0.25) is 0 Å². The highest BCUT2D eigenvalue weighted by Gasteiger charge is 2.38. The third kappa shape index (κ3) is 2.72. The first kappa shape index (κ1) is 13.5. The Balaban J connectivity index is 1.87. The van der Waals surface area contributed by atoms with Gasteiger partial charge in [-0.1, -0.05) is 12.1 Å². The normalized spacial score (nSPS) is 16.9. The first-order valence-electron chi connectivity index (χ1n) is 6.67. The summed E-state index contributed by atoms with van der Waals surface area (Å²) < 4.78 is 18.5. The number of halogens is 1. The van der Waals surface area contributed by atoms with Crippen LogP contribution in [0.1, 0.15) is 13.8 Å². The van der Waals surface area contributed by atoms with Crippen LogP contribution < -0.4 is 4.90 Å². The van der Waals surface area contributed by atoms with Gasteiger partial charge >= 0.3 is 6.09 Å². The van der Waals surface area contributed by atoms with Crippen molar-refractivity contribution in [1.82, 2.24) is 4.98 Å². The van der Waals surface area contributed by atoms with Gasteiger partial charge in [0.25, 0.3) is 0 Å². The van der Waals surface area contributed by atoms with E-state index < -0.39 is 11.7 Å². The average Bonchev–Trinajstić information content (AvgIpc) is 2.72. The maximum atomic E-state index is 13.2. The molecular formula is C16H15FN2O2. The molecule has 2 aromatic rings. The Bertz CT molecular complexity index is 683. The predicted octanol–water partition coefficient (Wildman–Crippen LogP) is 3.62. The van der Waals surface area contributed by atoms with Gasteiger partial charge in [-0.3, -0.25) is 4.90 Å². The Morgan fingerprint density at radius 2 is 2.05 bits per heavy atom. The Morgan fingerprint density at radius 1 is 1.24 bits per heavy atom. The number of nitrogens with zero attached hydrogens (tertiary/aromatic N) is 2. The number of anilines is 1. The number of cyclic esters (lactones) is 1. The fourth-order valence-electron chi connectivity index (χ4n) is 2.33. The number of hydrogen-bond acceptors (Lipinski definition) is 3. The van der Waals surface area contributed by atoms with E-state index in [-0.39, 0.29) is 5.82 Å². The fraction of sp³-hybridized carbons (Fsp3) is 0.250. The Hall–Kier alpha value is -2.43. The first-order chi connectivity index (χ1) is 9.94. The number of pyridine rings is 1. The molecule has 0 N–H and O–H groups in total. The lowest BCUT2D eigenvalue weighted by atomic mass is 10.1. The molecule has 3 rings (SSSR count). The first-order valence-corrected chi connectivity index (χ1v) is 6.67. The van der Waals surface area contributed by atoms with Gasteiger partial charge in [0.05, 0.1) is 6.54 Å². The van der Waals surface area contributed by atoms with Gasteiger partial charge in [-0.2, -0.15) is 0 Å². The third-order valence-corrected chi connectivity index (χ3v) is 3.31. The second kappa shape index (κ2) is 4.84. The summed E-state index contributed by atoms with van der Waals surface area (Å²) in [4.78, 5) is 17.6. The highest BCUT2D eigenvalue weighted by Crippen LogP contribution is 2.27. The lowest BCUT2D eigenvalue weighted by molar-refractivity contribution is 0.0871. The second-order valence-corrected chi connectivity index (χ2v) is 5.63. The summed E-state index contributed by atoms with van der Waals surface area (Å²) in [5.41, 5.74) is 1.03. The highest BCUT2D eigenvalue weighted by atomic mass is 19.1. The monoisotopic (exact) mass is 286 g/mol.